The molecule has 28 heteroatoms. The van der Waals surface area contributed by atoms with Gasteiger partial charge < -0.3 is 124 Å². The van der Waals surface area contributed by atoms with E-state index in [1.165, 1.54) is 26.2 Å². The highest BCUT2D eigenvalue weighted by atomic mass is 16.8. The van der Waals surface area contributed by atoms with E-state index in [1.54, 1.807) is 13.0 Å². The Kier molecular flexibility index (Phi) is 23.3. The van der Waals surface area contributed by atoms with Crippen molar-refractivity contribution in [2.75, 3.05) is 26.9 Å². The van der Waals surface area contributed by atoms with Gasteiger partial charge in [0.15, 0.2) is 42.8 Å². The van der Waals surface area contributed by atoms with Crippen LogP contribution in [0.5, 0.6) is 0 Å². The van der Waals surface area contributed by atoms with Gasteiger partial charge in [0.25, 0.3) is 0 Å². The van der Waals surface area contributed by atoms with Gasteiger partial charge in [0.2, 0.25) is 12.1 Å². The smallest absolute Gasteiger partial charge is 0.317 e. The summed E-state index contributed by atoms with van der Waals surface area (Å²) in [4.78, 5) is 39.2. The molecule has 0 radical (unpaired) electrons. The molecule has 33 unspecified atom stereocenters. The number of fused-ring (bicyclic) bond motifs is 7. The third kappa shape index (κ3) is 13.9. The zero-order chi connectivity index (χ0) is 74.4. The van der Waals surface area contributed by atoms with Crippen molar-refractivity contribution in [1.82, 2.24) is 0 Å². The summed E-state index contributed by atoms with van der Waals surface area (Å²) in [6.07, 6.45) is -25.0. The van der Waals surface area contributed by atoms with Crippen LogP contribution in [0.3, 0.4) is 0 Å². The minimum Gasteiger partial charge on any atom is -0.493 e. The van der Waals surface area contributed by atoms with Crippen LogP contribution in [0.2, 0.25) is 0 Å². The number of aliphatic hydroxyl groups is 14. The second kappa shape index (κ2) is 30.1. The molecule has 5 aliphatic heterocycles. The van der Waals surface area contributed by atoms with Gasteiger partial charge in [-0.3, -0.25) is 14.4 Å². The quantitative estimate of drug-likeness (QED) is 0.0496. The maximum absolute atomic E-state index is 15.4. The fourth-order valence-electron chi connectivity index (χ4n) is 19.5. The molecule has 0 spiro atoms. The predicted molar refractivity (Wildman–Crippen MR) is 355 cm³/mol. The highest BCUT2D eigenvalue weighted by Crippen LogP contribution is 2.76. The lowest BCUT2D eigenvalue weighted by Crippen LogP contribution is -2.68. The number of carbonyl (C=O) groups is 3. The molecule has 4 saturated carbocycles. The van der Waals surface area contributed by atoms with Crippen LogP contribution >= 0.6 is 0 Å². The van der Waals surface area contributed by atoms with Crippen LogP contribution < -0.4 is 0 Å². The average Bonchev–Trinajstić information content (AvgIpc) is 0.669. The highest BCUT2D eigenvalue weighted by Gasteiger charge is 2.72. The molecule has 12 rings (SSSR count). The van der Waals surface area contributed by atoms with Crippen molar-refractivity contribution in [2.24, 2.45) is 50.2 Å². The topological polar surface area (TPSA) is 436 Å². The summed E-state index contributed by atoms with van der Waals surface area (Å²) >= 11 is 0. The van der Waals surface area contributed by atoms with E-state index in [0.717, 1.165) is 30.4 Å². The van der Waals surface area contributed by atoms with E-state index >= 15 is 4.79 Å². The first-order valence-corrected chi connectivity index (χ1v) is 35.9. The van der Waals surface area contributed by atoms with Crippen LogP contribution in [0.15, 0.2) is 78.1 Å². The summed E-state index contributed by atoms with van der Waals surface area (Å²) in [5.41, 5.74) is -0.923. The second-order valence-corrected chi connectivity index (χ2v) is 32.4. The van der Waals surface area contributed by atoms with Crippen molar-refractivity contribution in [3.63, 3.8) is 0 Å². The number of ketones is 2. The molecule has 9 fully saturated rings. The van der Waals surface area contributed by atoms with E-state index in [1.807, 2.05) is 30.3 Å². The van der Waals surface area contributed by atoms with Crippen molar-refractivity contribution in [3.05, 3.63) is 83.7 Å². The average molecular weight is 1450 g/mol. The third-order valence-corrected chi connectivity index (χ3v) is 25.7. The van der Waals surface area contributed by atoms with Gasteiger partial charge in [0.05, 0.1) is 51.3 Å². The molecule has 102 heavy (non-hydrogen) atoms. The first-order valence-electron chi connectivity index (χ1n) is 35.9. The van der Waals surface area contributed by atoms with Gasteiger partial charge in [-0.1, -0.05) is 96.5 Å². The van der Waals surface area contributed by atoms with Gasteiger partial charge >= 0.3 is 5.97 Å². The first-order chi connectivity index (χ1) is 47.9. The maximum atomic E-state index is 15.4. The molecule has 11 aliphatic rings. The largest absolute Gasteiger partial charge is 0.493 e. The summed E-state index contributed by atoms with van der Waals surface area (Å²) < 4.78 is 64.5. The Balaban J connectivity index is 0.000000474. The molecule has 0 aromatic heterocycles. The number of benzene rings is 1. The van der Waals surface area contributed by atoms with Crippen LogP contribution in [0.4, 0.5) is 0 Å². The van der Waals surface area contributed by atoms with Crippen molar-refractivity contribution in [1.29, 1.82) is 0 Å². The van der Waals surface area contributed by atoms with E-state index < -0.39 is 195 Å². The predicted octanol–water partition coefficient (Wildman–Crippen LogP) is 0.658. The number of esters is 1. The fraction of sp³-hybridized carbons (Fsp3) is 0.770. The Bertz CT molecular complexity index is 3250. The molecule has 1 aromatic carbocycles. The zero-order valence-corrected chi connectivity index (χ0v) is 59.6. The molecule has 33 atom stereocenters. The van der Waals surface area contributed by atoms with Crippen LogP contribution in [-0.4, -0.2) is 269 Å². The van der Waals surface area contributed by atoms with Crippen molar-refractivity contribution >= 4 is 17.5 Å². The summed E-state index contributed by atoms with van der Waals surface area (Å²) in [5, 5.41) is 152. The van der Waals surface area contributed by atoms with Crippen molar-refractivity contribution in [3.8, 4) is 0 Å². The minimum absolute atomic E-state index is 0.0737. The summed E-state index contributed by atoms with van der Waals surface area (Å²) in [5.74, 6) is -1.72. The lowest BCUT2D eigenvalue weighted by molar-refractivity contribution is -0.374. The normalized spacial score (nSPS) is 47.9. The van der Waals surface area contributed by atoms with E-state index in [2.05, 4.69) is 61.1 Å². The van der Waals surface area contributed by atoms with Crippen molar-refractivity contribution in [2.45, 2.75) is 280 Å². The molecule has 28 nitrogen and oxygen atoms in total. The molecule has 572 valence electrons. The number of aliphatic hydroxyl groups excluding tert-OH is 14. The van der Waals surface area contributed by atoms with Gasteiger partial charge in [0, 0.05) is 17.6 Å². The van der Waals surface area contributed by atoms with Gasteiger partial charge in [-0.2, -0.15) is 0 Å². The van der Waals surface area contributed by atoms with Gasteiger partial charge in [-0.25, -0.2) is 0 Å². The van der Waals surface area contributed by atoms with Crippen LogP contribution in [0.1, 0.15) is 132 Å². The molecule has 0 amide bonds. The molecule has 0 bridgehead atoms. The number of hydrogen-bond donors (Lipinski definition) is 14. The van der Waals surface area contributed by atoms with Crippen molar-refractivity contribution < 1.29 is 138 Å². The Morgan fingerprint density at radius 3 is 1.79 bits per heavy atom. The molecular formula is C74H108O28. The Morgan fingerprint density at radius 1 is 0.608 bits per heavy atom. The summed E-state index contributed by atoms with van der Waals surface area (Å²) in [7, 11) is 1.37. The maximum Gasteiger partial charge on any atom is 0.317 e. The molecule has 14 N–H and O–H groups in total. The molecule has 5 saturated heterocycles. The summed E-state index contributed by atoms with van der Waals surface area (Å²) in [6.45, 7) is 20.9. The lowest BCUT2D eigenvalue weighted by Gasteiger charge is -2.71. The molecular weight excluding hydrogens is 1340 g/mol. The van der Waals surface area contributed by atoms with E-state index in [0.29, 0.717) is 31.3 Å². The second-order valence-electron chi connectivity index (χ2n) is 32.4. The van der Waals surface area contributed by atoms with E-state index in [9.17, 15) is 81.1 Å². The number of carbonyl (C=O) groups excluding carboxylic acids is 3. The minimum atomic E-state index is -1.93. The van der Waals surface area contributed by atoms with Crippen LogP contribution in [-0.2, 0) is 66.5 Å². The number of ether oxygens (including phenoxy) is 11. The van der Waals surface area contributed by atoms with E-state index in [-0.39, 0.29) is 70.8 Å². The van der Waals surface area contributed by atoms with Gasteiger partial charge in [-0.05, 0) is 128 Å². The summed E-state index contributed by atoms with van der Waals surface area (Å²) in [6, 6.07) is 9.48. The zero-order valence-electron chi connectivity index (χ0n) is 59.6. The monoisotopic (exact) mass is 1440 g/mol. The fourth-order valence-corrected chi connectivity index (χ4v) is 19.5. The van der Waals surface area contributed by atoms with Gasteiger partial charge in [-0.15, -0.1) is 6.58 Å². The standard InChI is InChI=1S/C58H94O25.C16H14O3/c1-23-44(80-47-40(69)34(63)27(60)21-74-47)38(67)42(71)48(76-23)79-33-13-14-55(7)30(54(33,5)6)12-15-56(8)31(55)11-10-25-26-18-53(3,4)16-17-58(26,32(62)19-57(25,56)9)52(73)83-51-46(35(64)28(61)22-75-51)82-49-43(72)39(68)45(24(2)77-49)81-50-41(70)37(66)36(65)29(20-59)78-50;1-3-12(11-7-5-4-6-8-11)13-9-15(18)16(19-2)10-14(13)17/h10,23-24,26-51,59-72H,11-22H2,1-9H3;3-10,12H,1H2,2H3. The Morgan fingerprint density at radius 2 is 1.18 bits per heavy atom. The van der Waals surface area contributed by atoms with Crippen LogP contribution in [0, 0.1) is 50.2 Å². The first kappa shape index (κ1) is 78.9. The number of methoxy groups -OCH3 is 1. The lowest BCUT2D eigenvalue weighted by atomic mass is 9.33. The Labute approximate surface area is 593 Å². The SMILES string of the molecule is C=CC(C1=CC(=O)C(OC)=CC1=O)c1ccccc1.CC1OC(OC2CCC3(C)C(CCC4(C)C3CC=C3C5CC(C)(C)CCC5(C(=O)OC5OCC(O)C(O)C5OC5OC(C)C(OC6OC(CO)C(O)C(O)C6O)C(O)C5O)C(O)CC34C)C2(C)C)C(O)C(O)C1OC1OCC(O)C(O)C1O. The van der Waals surface area contributed by atoms with Gasteiger partial charge in [0.1, 0.15) is 97.0 Å². The third-order valence-electron chi connectivity index (χ3n) is 25.7. The molecule has 6 aliphatic carbocycles. The number of allylic oxidation sites excluding steroid dienone is 6. The van der Waals surface area contributed by atoms with E-state index in [4.69, 9.17) is 52.1 Å². The molecule has 5 heterocycles. The van der Waals surface area contributed by atoms with Crippen LogP contribution in [0.25, 0.3) is 0 Å². The molecule has 1 aromatic rings. The number of hydrogen-bond acceptors (Lipinski definition) is 28. The highest BCUT2D eigenvalue weighted by molar-refractivity contribution is 6.19. The Hall–Kier alpha value is -4.13. The number of rotatable bonds is 15.